The Morgan fingerprint density at radius 2 is 2.29 bits per heavy atom. The molecule has 0 aliphatic heterocycles. The first kappa shape index (κ1) is 12.9. The van der Waals surface area contributed by atoms with E-state index >= 15 is 0 Å². The lowest BCUT2D eigenvalue weighted by atomic mass is 10.1. The van der Waals surface area contributed by atoms with Gasteiger partial charge in [0, 0.05) is 6.54 Å². The Labute approximate surface area is 109 Å². The molecule has 0 bridgehead atoms. The van der Waals surface area contributed by atoms with E-state index in [1.54, 1.807) is 6.20 Å². The van der Waals surface area contributed by atoms with Gasteiger partial charge in [0.1, 0.15) is 0 Å². The Bertz CT molecular complexity index is 375. The Kier molecular flexibility index (Phi) is 4.10. The Morgan fingerprint density at radius 1 is 1.59 bits per heavy atom. The maximum Gasteiger partial charge on any atom is 0.0834 e. The summed E-state index contributed by atoms with van der Waals surface area (Å²) in [4.78, 5) is 0. The second-order valence-electron chi connectivity index (χ2n) is 5.01. The van der Waals surface area contributed by atoms with Crippen molar-refractivity contribution in [3.05, 3.63) is 16.9 Å². The van der Waals surface area contributed by atoms with Crippen molar-refractivity contribution in [1.29, 1.82) is 0 Å². The topological polar surface area (TPSA) is 29.9 Å². The molecular weight excluding hydrogens is 234 g/mol. The largest absolute Gasteiger partial charge is 0.309 e. The summed E-state index contributed by atoms with van der Waals surface area (Å²) in [5.74, 6) is 1.53. The second kappa shape index (κ2) is 5.40. The Morgan fingerprint density at radius 3 is 2.82 bits per heavy atom. The van der Waals surface area contributed by atoms with E-state index in [-0.39, 0.29) is 0 Å². The van der Waals surface area contributed by atoms with Gasteiger partial charge in [-0.2, -0.15) is 5.10 Å². The minimum absolute atomic E-state index is 0.372. The van der Waals surface area contributed by atoms with E-state index in [4.69, 9.17) is 11.6 Å². The summed E-state index contributed by atoms with van der Waals surface area (Å²) in [5, 5.41) is 8.77. The highest BCUT2D eigenvalue weighted by Gasteiger charge is 2.41. The minimum atomic E-state index is 0.372. The summed E-state index contributed by atoms with van der Waals surface area (Å²) in [6.45, 7) is 8.55. The zero-order valence-electron chi connectivity index (χ0n) is 10.9. The predicted octanol–water partition coefficient (Wildman–Crippen LogP) is 3.25. The fourth-order valence-corrected chi connectivity index (χ4v) is 2.82. The lowest BCUT2D eigenvalue weighted by Crippen LogP contribution is -2.26. The Balaban J connectivity index is 2.24. The fraction of sp³-hybridized carbons (Fsp3) is 0.769. The van der Waals surface area contributed by atoms with E-state index in [1.165, 1.54) is 12.1 Å². The van der Waals surface area contributed by atoms with Crippen LogP contribution in [0.15, 0.2) is 6.20 Å². The lowest BCUT2D eigenvalue weighted by molar-refractivity contribution is 0.429. The third-order valence-electron chi connectivity index (χ3n) is 3.59. The molecule has 4 heteroatoms. The summed E-state index contributed by atoms with van der Waals surface area (Å²) >= 11 is 6.31. The molecule has 3 nitrogen and oxygen atoms in total. The first-order chi connectivity index (χ1) is 8.19. The van der Waals surface area contributed by atoms with Crippen molar-refractivity contribution in [1.82, 2.24) is 15.1 Å². The van der Waals surface area contributed by atoms with Crippen LogP contribution in [-0.4, -0.2) is 16.3 Å². The van der Waals surface area contributed by atoms with Crippen molar-refractivity contribution in [2.24, 2.45) is 11.8 Å². The van der Waals surface area contributed by atoms with E-state index in [2.05, 4.69) is 35.9 Å². The quantitative estimate of drug-likeness (QED) is 0.846. The van der Waals surface area contributed by atoms with Crippen molar-refractivity contribution in [2.75, 3.05) is 6.54 Å². The number of aryl methyl sites for hydroxylation is 1. The molecule has 3 unspecified atom stereocenters. The van der Waals surface area contributed by atoms with Gasteiger partial charge in [0.15, 0.2) is 0 Å². The number of nitrogens with zero attached hydrogens (tertiary/aromatic N) is 2. The van der Waals surface area contributed by atoms with Crippen molar-refractivity contribution >= 4 is 11.6 Å². The molecule has 0 aromatic carbocycles. The van der Waals surface area contributed by atoms with Crippen LogP contribution in [0.1, 0.15) is 45.3 Å². The molecule has 17 heavy (non-hydrogen) atoms. The van der Waals surface area contributed by atoms with Crippen LogP contribution in [0.4, 0.5) is 0 Å². The van der Waals surface area contributed by atoms with Crippen LogP contribution < -0.4 is 5.32 Å². The summed E-state index contributed by atoms with van der Waals surface area (Å²) in [6, 6.07) is 0.372. The fourth-order valence-electron chi connectivity index (χ4n) is 2.56. The summed E-state index contributed by atoms with van der Waals surface area (Å²) in [7, 11) is 0. The molecule has 0 radical (unpaired) electrons. The maximum absolute atomic E-state index is 6.31. The van der Waals surface area contributed by atoms with Gasteiger partial charge >= 0.3 is 0 Å². The van der Waals surface area contributed by atoms with Crippen molar-refractivity contribution in [2.45, 2.75) is 46.2 Å². The van der Waals surface area contributed by atoms with Gasteiger partial charge in [0.25, 0.3) is 0 Å². The van der Waals surface area contributed by atoms with Crippen LogP contribution in [0.5, 0.6) is 0 Å². The number of rotatable bonds is 6. The summed E-state index contributed by atoms with van der Waals surface area (Å²) in [5.41, 5.74) is 1.18. The summed E-state index contributed by atoms with van der Waals surface area (Å²) in [6.07, 6.45) is 4.17. The molecule has 1 N–H and O–H groups in total. The number of hydrogen-bond donors (Lipinski definition) is 1. The monoisotopic (exact) mass is 255 g/mol. The molecule has 3 atom stereocenters. The maximum atomic E-state index is 6.31. The molecule has 1 aliphatic carbocycles. The van der Waals surface area contributed by atoms with Gasteiger partial charge in [-0.15, -0.1) is 0 Å². The molecule has 96 valence electrons. The molecule has 1 fully saturated rings. The number of hydrogen-bond acceptors (Lipinski definition) is 2. The van der Waals surface area contributed by atoms with Crippen molar-refractivity contribution in [3.8, 4) is 0 Å². The van der Waals surface area contributed by atoms with Gasteiger partial charge < -0.3 is 5.32 Å². The zero-order valence-corrected chi connectivity index (χ0v) is 11.7. The number of halogens is 1. The molecule has 1 heterocycles. The van der Waals surface area contributed by atoms with E-state index in [0.717, 1.165) is 36.4 Å². The van der Waals surface area contributed by atoms with E-state index in [0.29, 0.717) is 6.04 Å². The van der Waals surface area contributed by atoms with Gasteiger partial charge in [-0.05, 0) is 31.2 Å². The molecule has 1 aromatic heterocycles. The molecule has 1 aromatic rings. The van der Waals surface area contributed by atoms with Crippen LogP contribution in [-0.2, 0) is 6.54 Å². The standard InChI is InChI=1S/C13H22ClN3/c1-4-6-17-13(11(14)8-16-17)12(15-5-2)10-7-9(10)3/h8-10,12,15H,4-7H2,1-3H3. The molecule has 0 amide bonds. The molecular formula is C13H22ClN3. The average Bonchev–Trinajstić information content (AvgIpc) is 2.91. The molecule has 1 saturated carbocycles. The predicted molar refractivity (Wildman–Crippen MR) is 71.2 cm³/mol. The van der Waals surface area contributed by atoms with E-state index in [1.807, 2.05) is 0 Å². The average molecular weight is 256 g/mol. The van der Waals surface area contributed by atoms with Crippen molar-refractivity contribution < 1.29 is 0 Å². The van der Waals surface area contributed by atoms with Crippen molar-refractivity contribution in [3.63, 3.8) is 0 Å². The first-order valence-corrected chi connectivity index (χ1v) is 7.01. The van der Waals surface area contributed by atoms with E-state index in [9.17, 15) is 0 Å². The molecule has 2 rings (SSSR count). The highest BCUT2D eigenvalue weighted by atomic mass is 35.5. The summed E-state index contributed by atoms with van der Waals surface area (Å²) < 4.78 is 2.07. The van der Waals surface area contributed by atoms with Gasteiger partial charge in [-0.3, -0.25) is 4.68 Å². The van der Waals surface area contributed by atoms with Crippen LogP contribution in [0.3, 0.4) is 0 Å². The lowest BCUT2D eigenvalue weighted by Gasteiger charge is -2.20. The Hall–Kier alpha value is -0.540. The molecule has 0 saturated heterocycles. The zero-order chi connectivity index (χ0) is 12.4. The van der Waals surface area contributed by atoms with Crippen LogP contribution >= 0.6 is 11.6 Å². The van der Waals surface area contributed by atoms with Crippen LogP contribution in [0.2, 0.25) is 5.02 Å². The third kappa shape index (κ3) is 2.66. The van der Waals surface area contributed by atoms with Gasteiger partial charge in [-0.1, -0.05) is 32.4 Å². The number of nitrogens with one attached hydrogen (secondary N) is 1. The number of aromatic nitrogens is 2. The SMILES string of the molecule is CCCn1ncc(Cl)c1C(NCC)C1CC1C. The van der Waals surface area contributed by atoms with Gasteiger partial charge in [0.05, 0.1) is 23.0 Å². The minimum Gasteiger partial charge on any atom is -0.309 e. The van der Waals surface area contributed by atoms with E-state index < -0.39 is 0 Å². The molecule has 1 aliphatic rings. The van der Waals surface area contributed by atoms with Crippen LogP contribution in [0, 0.1) is 11.8 Å². The highest BCUT2D eigenvalue weighted by Crippen LogP contribution is 2.48. The van der Waals surface area contributed by atoms with Crippen LogP contribution in [0.25, 0.3) is 0 Å². The van der Waals surface area contributed by atoms with Gasteiger partial charge in [0.2, 0.25) is 0 Å². The highest BCUT2D eigenvalue weighted by molar-refractivity contribution is 6.31. The normalized spacial score (nSPS) is 24.9. The molecule has 0 spiro atoms. The first-order valence-electron chi connectivity index (χ1n) is 6.63. The van der Waals surface area contributed by atoms with Gasteiger partial charge in [-0.25, -0.2) is 0 Å². The smallest absolute Gasteiger partial charge is 0.0834 e. The third-order valence-corrected chi connectivity index (χ3v) is 3.88. The second-order valence-corrected chi connectivity index (χ2v) is 5.42.